The number of aromatic carboxylic acids is 1. The van der Waals surface area contributed by atoms with Gasteiger partial charge in [0.1, 0.15) is 5.75 Å². The predicted octanol–water partition coefficient (Wildman–Crippen LogP) is 1.87. The highest BCUT2D eigenvalue weighted by atomic mass is 16.6. The number of carboxylic acid groups (broad SMARTS) is 1. The molecule has 6 heteroatoms. The van der Waals surface area contributed by atoms with Crippen LogP contribution in [0.3, 0.4) is 0 Å². The van der Waals surface area contributed by atoms with Crippen molar-refractivity contribution in [3.05, 3.63) is 47.7 Å². The Labute approximate surface area is 102 Å². The van der Waals surface area contributed by atoms with Gasteiger partial charge in [-0.05, 0) is 24.3 Å². The summed E-state index contributed by atoms with van der Waals surface area (Å²) in [4.78, 5) is 21.6. The van der Waals surface area contributed by atoms with Crippen molar-refractivity contribution in [2.24, 2.45) is 5.73 Å². The van der Waals surface area contributed by atoms with Crippen LogP contribution in [0.4, 0.5) is 0 Å². The fourth-order valence-electron chi connectivity index (χ4n) is 1.32. The van der Waals surface area contributed by atoms with Gasteiger partial charge in [-0.3, -0.25) is 4.79 Å². The maximum Gasteiger partial charge on any atom is 0.371 e. The standard InChI is InChI=1S/C12H9NO5/c13-11(14)7-2-1-3-8(6-7)17-10-5-4-9(18-10)12(15)16/h1-6H,(H2,13,14)(H,15,16). The van der Waals surface area contributed by atoms with Gasteiger partial charge < -0.3 is 20.0 Å². The zero-order valence-electron chi connectivity index (χ0n) is 9.12. The van der Waals surface area contributed by atoms with Crippen molar-refractivity contribution in [2.45, 2.75) is 0 Å². The molecule has 6 nitrogen and oxygen atoms in total. The molecule has 1 amide bonds. The third-order valence-corrected chi connectivity index (χ3v) is 2.13. The van der Waals surface area contributed by atoms with Gasteiger partial charge in [-0.2, -0.15) is 0 Å². The molecule has 0 saturated carbocycles. The minimum Gasteiger partial charge on any atom is -0.475 e. The normalized spacial score (nSPS) is 10.0. The van der Waals surface area contributed by atoms with Crippen molar-refractivity contribution in [1.29, 1.82) is 0 Å². The summed E-state index contributed by atoms with van der Waals surface area (Å²) in [6.07, 6.45) is 0. The van der Waals surface area contributed by atoms with Crippen LogP contribution >= 0.6 is 0 Å². The van der Waals surface area contributed by atoms with E-state index in [-0.39, 0.29) is 17.3 Å². The van der Waals surface area contributed by atoms with E-state index in [4.69, 9.17) is 20.0 Å². The van der Waals surface area contributed by atoms with E-state index in [1.165, 1.54) is 18.2 Å². The molecule has 1 heterocycles. The lowest BCUT2D eigenvalue weighted by molar-refractivity contribution is 0.0657. The van der Waals surface area contributed by atoms with Gasteiger partial charge in [0, 0.05) is 11.6 Å². The van der Waals surface area contributed by atoms with Gasteiger partial charge >= 0.3 is 5.97 Å². The Hall–Kier alpha value is -2.76. The molecule has 1 aromatic carbocycles. The smallest absolute Gasteiger partial charge is 0.371 e. The number of hydrogen-bond donors (Lipinski definition) is 2. The van der Waals surface area contributed by atoms with Crippen molar-refractivity contribution < 1.29 is 23.8 Å². The number of furan rings is 1. The summed E-state index contributed by atoms with van der Waals surface area (Å²) in [5.41, 5.74) is 5.41. The molecule has 0 aliphatic rings. The second-order valence-electron chi connectivity index (χ2n) is 3.42. The van der Waals surface area contributed by atoms with Crippen molar-refractivity contribution in [1.82, 2.24) is 0 Å². The van der Waals surface area contributed by atoms with E-state index in [1.54, 1.807) is 18.2 Å². The highest BCUT2D eigenvalue weighted by Crippen LogP contribution is 2.24. The molecule has 0 spiro atoms. The Kier molecular flexibility index (Phi) is 3.01. The summed E-state index contributed by atoms with van der Waals surface area (Å²) >= 11 is 0. The molecule has 18 heavy (non-hydrogen) atoms. The van der Waals surface area contributed by atoms with Gasteiger partial charge in [0.2, 0.25) is 11.7 Å². The highest BCUT2D eigenvalue weighted by molar-refractivity contribution is 5.93. The van der Waals surface area contributed by atoms with Crippen LogP contribution in [0.25, 0.3) is 0 Å². The van der Waals surface area contributed by atoms with Crippen LogP contribution in [0, 0.1) is 0 Å². The lowest BCUT2D eigenvalue weighted by Crippen LogP contribution is -2.10. The van der Waals surface area contributed by atoms with Crippen LogP contribution in [0.2, 0.25) is 0 Å². The zero-order chi connectivity index (χ0) is 13.1. The monoisotopic (exact) mass is 247 g/mol. The van der Waals surface area contributed by atoms with E-state index in [0.717, 1.165) is 0 Å². The number of ether oxygens (including phenoxy) is 1. The molecular formula is C12H9NO5. The molecule has 2 aromatic rings. The molecule has 0 unspecified atom stereocenters. The van der Waals surface area contributed by atoms with Crippen molar-refractivity contribution in [2.75, 3.05) is 0 Å². The van der Waals surface area contributed by atoms with Crippen molar-refractivity contribution >= 4 is 11.9 Å². The van der Waals surface area contributed by atoms with E-state index >= 15 is 0 Å². The van der Waals surface area contributed by atoms with Crippen molar-refractivity contribution in [3.63, 3.8) is 0 Å². The number of amides is 1. The predicted molar refractivity (Wildman–Crippen MR) is 60.7 cm³/mol. The maximum atomic E-state index is 11.0. The fourth-order valence-corrected chi connectivity index (χ4v) is 1.32. The Balaban J connectivity index is 2.20. The van der Waals surface area contributed by atoms with Gasteiger partial charge in [0.15, 0.2) is 0 Å². The average Bonchev–Trinajstić information content (AvgIpc) is 2.78. The molecule has 0 bridgehead atoms. The maximum absolute atomic E-state index is 11.0. The summed E-state index contributed by atoms with van der Waals surface area (Å²) in [6, 6.07) is 8.81. The molecule has 92 valence electrons. The van der Waals surface area contributed by atoms with Crippen LogP contribution in [-0.4, -0.2) is 17.0 Å². The topological polar surface area (TPSA) is 103 Å². The van der Waals surface area contributed by atoms with E-state index in [9.17, 15) is 9.59 Å². The molecular weight excluding hydrogens is 238 g/mol. The van der Waals surface area contributed by atoms with Crippen LogP contribution in [0.5, 0.6) is 11.7 Å². The van der Waals surface area contributed by atoms with Gasteiger partial charge in [0.25, 0.3) is 5.95 Å². The Morgan fingerprint density at radius 1 is 1.22 bits per heavy atom. The average molecular weight is 247 g/mol. The summed E-state index contributed by atoms with van der Waals surface area (Å²) in [5.74, 6) is -1.63. The number of rotatable bonds is 4. The summed E-state index contributed by atoms with van der Waals surface area (Å²) in [5, 5.41) is 8.67. The molecule has 0 aliphatic carbocycles. The first-order valence-electron chi connectivity index (χ1n) is 4.97. The van der Waals surface area contributed by atoms with E-state index in [2.05, 4.69) is 0 Å². The molecule has 0 saturated heterocycles. The van der Waals surface area contributed by atoms with Crippen molar-refractivity contribution in [3.8, 4) is 11.7 Å². The second-order valence-corrected chi connectivity index (χ2v) is 3.42. The van der Waals surface area contributed by atoms with Crippen LogP contribution < -0.4 is 10.5 Å². The van der Waals surface area contributed by atoms with Crippen LogP contribution in [0.15, 0.2) is 40.8 Å². The number of primary amides is 1. The lowest BCUT2D eigenvalue weighted by Gasteiger charge is -2.02. The first-order valence-corrected chi connectivity index (χ1v) is 4.97. The number of carboxylic acids is 1. The van der Waals surface area contributed by atoms with Gasteiger partial charge in [-0.1, -0.05) is 6.07 Å². The van der Waals surface area contributed by atoms with E-state index < -0.39 is 11.9 Å². The quantitative estimate of drug-likeness (QED) is 0.858. The Bertz CT molecular complexity index is 602. The minimum absolute atomic E-state index is 0.0222. The van der Waals surface area contributed by atoms with E-state index in [1.807, 2.05) is 0 Å². The molecule has 1 aromatic heterocycles. The highest BCUT2D eigenvalue weighted by Gasteiger charge is 2.10. The molecule has 0 fully saturated rings. The SMILES string of the molecule is NC(=O)c1cccc(Oc2ccc(C(=O)O)o2)c1. The molecule has 2 rings (SSSR count). The van der Waals surface area contributed by atoms with Crippen LogP contribution in [0.1, 0.15) is 20.9 Å². The third kappa shape index (κ3) is 2.49. The summed E-state index contributed by atoms with van der Waals surface area (Å²) in [6.45, 7) is 0. The minimum atomic E-state index is -1.18. The zero-order valence-corrected chi connectivity index (χ0v) is 9.12. The molecule has 0 atom stereocenters. The second kappa shape index (κ2) is 4.62. The van der Waals surface area contributed by atoms with Gasteiger partial charge in [0.05, 0.1) is 0 Å². The first-order chi connectivity index (χ1) is 8.56. The summed E-state index contributed by atoms with van der Waals surface area (Å²) in [7, 11) is 0. The number of benzene rings is 1. The Morgan fingerprint density at radius 3 is 2.61 bits per heavy atom. The number of nitrogens with two attached hydrogens (primary N) is 1. The summed E-state index contributed by atoms with van der Waals surface area (Å²) < 4.78 is 10.2. The van der Waals surface area contributed by atoms with E-state index in [0.29, 0.717) is 5.75 Å². The van der Waals surface area contributed by atoms with Gasteiger partial charge in [-0.15, -0.1) is 0 Å². The fraction of sp³-hybridized carbons (Fsp3) is 0. The van der Waals surface area contributed by atoms with Crippen LogP contribution in [-0.2, 0) is 0 Å². The first kappa shape index (κ1) is 11.7. The number of carbonyl (C=O) groups excluding carboxylic acids is 1. The number of hydrogen-bond acceptors (Lipinski definition) is 4. The third-order valence-electron chi connectivity index (χ3n) is 2.13. The van der Waals surface area contributed by atoms with Gasteiger partial charge in [-0.25, -0.2) is 4.79 Å². The number of carbonyl (C=O) groups is 2. The molecule has 0 aliphatic heterocycles. The molecule has 0 radical (unpaired) electrons. The lowest BCUT2D eigenvalue weighted by atomic mass is 10.2. The Morgan fingerprint density at radius 2 is 2.00 bits per heavy atom. The molecule has 3 N–H and O–H groups in total. The largest absolute Gasteiger partial charge is 0.475 e.